The summed E-state index contributed by atoms with van der Waals surface area (Å²) in [5.41, 5.74) is 5.82. The summed E-state index contributed by atoms with van der Waals surface area (Å²) in [4.78, 5) is 0. The van der Waals surface area contributed by atoms with Gasteiger partial charge in [-0.15, -0.1) is 0 Å². The van der Waals surface area contributed by atoms with Gasteiger partial charge in [-0.3, -0.25) is 0 Å². The highest BCUT2D eigenvalue weighted by atomic mass is 16.5. The number of aliphatic hydroxyl groups is 1. The molecular formula is C8H15NO2. The highest BCUT2D eigenvalue weighted by molar-refractivity contribution is 4.90. The van der Waals surface area contributed by atoms with Gasteiger partial charge in [0.1, 0.15) is 0 Å². The number of aliphatic hydroxyl groups excluding tert-OH is 1. The number of fused-ring (bicyclic) bond motifs is 2. The first-order chi connectivity index (χ1) is 5.27. The van der Waals surface area contributed by atoms with E-state index in [0.717, 1.165) is 12.8 Å². The Morgan fingerprint density at radius 3 is 2.27 bits per heavy atom. The van der Waals surface area contributed by atoms with Crippen LogP contribution in [0.25, 0.3) is 0 Å². The molecule has 2 rings (SSSR count). The Morgan fingerprint density at radius 1 is 1.18 bits per heavy atom. The topological polar surface area (TPSA) is 55.5 Å². The lowest BCUT2D eigenvalue weighted by Crippen LogP contribution is -2.49. The van der Waals surface area contributed by atoms with Gasteiger partial charge < -0.3 is 15.6 Å². The predicted octanol–water partition coefficient (Wildman–Crippen LogP) is -0.269. The molecule has 1 heterocycles. The van der Waals surface area contributed by atoms with E-state index in [9.17, 15) is 5.11 Å². The van der Waals surface area contributed by atoms with Crippen LogP contribution in [-0.2, 0) is 4.74 Å². The van der Waals surface area contributed by atoms with Gasteiger partial charge in [0.25, 0.3) is 0 Å². The second-order valence-electron chi connectivity index (χ2n) is 3.78. The highest BCUT2D eigenvalue weighted by Crippen LogP contribution is 2.32. The number of hydrogen-bond acceptors (Lipinski definition) is 3. The summed E-state index contributed by atoms with van der Waals surface area (Å²) in [6, 6.07) is 0.289. The summed E-state index contributed by atoms with van der Waals surface area (Å²) in [5.74, 6) is 0.606. The van der Waals surface area contributed by atoms with E-state index in [1.807, 2.05) is 0 Å². The maximum atomic E-state index is 9.67. The van der Waals surface area contributed by atoms with E-state index < -0.39 is 0 Å². The fourth-order valence-electron chi connectivity index (χ4n) is 2.24. The Labute approximate surface area is 66.5 Å². The maximum Gasteiger partial charge on any atom is 0.0641 e. The van der Waals surface area contributed by atoms with Gasteiger partial charge >= 0.3 is 0 Å². The molecule has 1 saturated heterocycles. The Balaban J connectivity index is 2.07. The van der Waals surface area contributed by atoms with Crippen LogP contribution in [-0.4, -0.2) is 30.5 Å². The molecule has 0 amide bonds. The minimum atomic E-state index is -0.149. The molecule has 2 aliphatic rings. The van der Waals surface area contributed by atoms with E-state index >= 15 is 0 Å². The van der Waals surface area contributed by atoms with E-state index in [0.29, 0.717) is 25.0 Å². The summed E-state index contributed by atoms with van der Waals surface area (Å²) in [7, 11) is 0. The van der Waals surface area contributed by atoms with Crippen molar-refractivity contribution in [3.8, 4) is 0 Å². The largest absolute Gasteiger partial charge is 0.392 e. The molecule has 2 bridgehead atoms. The van der Waals surface area contributed by atoms with Crippen molar-refractivity contribution in [1.29, 1.82) is 0 Å². The van der Waals surface area contributed by atoms with Crippen LogP contribution in [0, 0.1) is 11.8 Å². The molecule has 0 spiro atoms. The van der Waals surface area contributed by atoms with E-state index in [-0.39, 0.29) is 12.1 Å². The van der Waals surface area contributed by atoms with Crippen molar-refractivity contribution >= 4 is 0 Å². The monoisotopic (exact) mass is 157 g/mol. The summed E-state index contributed by atoms with van der Waals surface area (Å²) in [5, 5.41) is 9.67. The molecule has 1 aliphatic heterocycles. The van der Waals surface area contributed by atoms with Crippen LogP contribution in [0.15, 0.2) is 0 Å². The average molecular weight is 157 g/mol. The van der Waals surface area contributed by atoms with Crippen molar-refractivity contribution in [2.24, 2.45) is 17.6 Å². The zero-order valence-corrected chi connectivity index (χ0v) is 6.57. The highest BCUT2D eigenvalue weighted by Gasteiger charge is 2.38. The second-order valence-corrected chi connectivity index (χ2v) is 3.78. The summed E-state index contributed by atoms with van der Waals surface area (Å²) >= 11 is 0. The van der Waals surface area contributed by atoms with E-state index in [1.54, 1.807) is 0 Å². The van der Waals surface area contributed by atoms with Crippen molar-refractivity contribution < 1.29 is 9.84 Å². The lowest BCUT2D eigenvalue weighted by Gasteiger charge is -2.41. The summed E-state index contributed by atoms with van der Waals surface area (Å²) < 4.78 is 5.34. The van der Waals surface area contributed by atoms with Gasteiger partial charge in [0.2, 0.25) is 0 Å². The molecule has 1 saturated carbocycles. The molecule has 3 nitrogen and oxygen atoms in total. The molecule has 64 valence electrons. The smallest absolute Gasteiger partial charge is 0.0641 e. The summed E-state index contributed by atoms with van der Waals surface area (Å²) in [6.07, 6.45) is 1.71. The van der Waals surface area contributed by atoms with E-state index in [4.69, 9.17) is 10.5 Å². The first-order valence-electron chi connectivity index (χ1n) is 4.29. The molecule has 2 fully saturated rings. The third-order valence-corrected chi connectivity index (χ3v) is 2.84. The van der Waals surface area contributed by atoms with Crippen molar-refractivity contribution in [1.82, 2.24) is 0 Å². The molecule has 0 aromatic carbocycles. The van der Waals surface area contributed by atoms with Crippen LogP contribution in [0.1, 0.15) is 12.8 Å². The third-order valence-electron chi connectivity index (χ3n) is 2.84. The van der Waals surface area contributed by atoms with Crippen molar-refractivity contribution in [2.75, 3.05) is 13.2 Å². The molecule has 1 aliphatic carbocycles. The summed E-state index contributed by atoms with van der Waals surface area (Å²) in [6.45, 7) is 1.40. The number of nitrogens with two attached hydrogens (primary N) is 1. The van der Waals surface area contributed by atoms with Crippen LogP contribution in [0.5, 0.6) is 0 Å². The lowest BCUT2D eigenvalue weighted by atomic mass is 9.75. The SMILES string of the molecule is NC1CC2COCC(C1)C2O. The Kier molecular flexibility index (Phi) is 1.87. The van der Waals surface area contributed by atoms with Gasteiger partial charge in [-0.1, -0.05) is 0 Å². The lowest BCUT2D eigenvalue weighted by molar-refractivity contribution is -0.106. The molecular weight excluding hydrogens is 142 g/mol. The average Bonchev–Trinajstić information content (AvgIpc) is 1.92. The fourth-order valence-corrected chi connectivity index (χ4v) is 2.24. The van der Waals surface area contributed by atoms with Gasteiger partial charge in [-0.25, -0.2) is 0 Å². The number of ether oxygens (including phenoxy) is 1. The van der Waals surface area contributed by atoms with Crippen molar-refractivity contribution in [2.45, 2.75) is 25.0 Å². The van der Waals surface area contributed by atoms with Crippen molar-refractivity contribution in [3.63, 3.8) is 0 Å². The minimum absolute atomic E-state index is 0.149. The molecule has 3 N–H and O–H groups in total. The van der Waals surface area contributed by atoms with Crippen LogP contribution in [0.2, 0.25) is 0 Å². The van der Waals surface area contributed by atoms with Crippen LogP contribution >= 0.6 is 0 Å². The van der Waals surface area contributed by atoms with Gasteiger partial charge in [-0.05, 0) is 12.8 Å². The quantitative estimate of drug-likeness (QED) is 0.509. The predicted molar refractivity (Wildman–Crippen MR) is 41.0 cm³/mol. The first kappa shape index (κ1) is 7.53. The Hall–Kier alpha value is -0.120. The maximum absolute atomic E-state index is 9.67. The normalized spacial score (nSPS) is 50.7. The molecule has 2 unspecified atom stereocenters. The van der Waals surface area contributed by atoms with Gasteiger partial charge in [0.05, 0.1) is 19.3 Å². The zero-order chi connectivity index (χ0) is 7.84. The van der Waals surface area contributed by atoms with Gasteiger partial charge in [0.15, 0.2) is 0 Å². The van der Waals surface area contributed by atoms with Crippen molar-refractivity contribution in [3.05, 3.63) is 0 Å². The van der Waals surface area contributed by atoms with Crippen LogP contribution in [0.3, 0.4) is 0 Å². The zero-order valence-electron chi connectivity index (χ0n) is 6.57. The standard InChI is InChI=1S/C8H15NO2/c9-7-1-5-3-11-4-6(2-7)8(5)10/h5-8,10H,1-4,9H2. The van der Waals surface area contributed by atoms with Gasteiger partial charge in [-0.2, -0.15) is 0 Å². The second kappa shape index (κ2) is 2.73. The van der Waals surface area contributed by atoms with E-state index in [1.165, 1.54) is 0 Å². The fraction of sp³-hybridized carbons (Fsp3) is 1.00. The Bertz CT molecular complexity index is 137. The molecule has 3 heteroatoms. The van der Waals surface area contributed by atoms with E-state index in [2.05, 4.69) is 0 Å². The molecule has 0 radical (unpaired) electrons. The van der Waals surface area contributed by atoms with Crippen LogP contribution < -0.4 is 5.73 Å². The molecule has 0 aromatic rings. The van der Waals surface area contributed by atoms with Gasteiger partial charge in [0, 0.05) is 17.9 Å². The first-order valence-corrected chi connectivity index (χ1v) is 4.29. The number of hydrogen-bond donors (Lipinski definition) is 2. The Morgan fingerprint density at radius 2 is 1.73 bits per heavy atom. The minimum Gasteiger partial charge on any atom is -0.392 e. The molecule has 0 aromatic heterocycles. The third kappa shape index (κ3) is 1.28. The molecule has 2 atom stereocenters. The van der Waals surface area contributed by atoms with Crippen LogP contribution in [0.4, 0.5) is 0 Å². The number of rotatable bonds is 0. The molecule has 11 heavy (non-hydrogen) atoms.